The first-order valence-corrected chi connectivity index (χ1v) is 10.6. The largest absolute Gasteiger partial charge is 0.479 e. The predicted molar refractivity (Wildman–Crippen MR) is 116 cm³/mol. The van der Waals surface area contributed by atoms with Crippen LogP contribution in [0.25, 0.3) is 0 Å². The molecule has 0 aromatic heterocycles. The van der Waals surface area contributed by atoms with E-state index in [0.717, 1.165) is 30.4 Å². The van der Waals surface area contributed by atoms with Gasteiger partial charge in [-0.1, -0.05) is 23.8 Å². The lowest BCUT2D eigenvalue weighted by molar-refractivity contribution is -0.140. The van der Waals surface area contributed by atoms with Gasteiger partial charge in [0.25, 0.3) is 0 Å². The van der Waals surface area contributed by atoms with E-state index in [1.54, 1.807) is 12.2 Å². The Morgan fingerprint density at radius 3 is 2.19 bits per heavy atom. The average molecular weight is 433 g/mol. The van der Waals surface area contributed by atoms with Crippen molar-refractivity contribution in [2.24, 2.45) is 5.73 Å². The van der Waals surface area contributed by atoms with Gasteiger partial charge >= 0.3 is 5.97 Å². The van der Waals surface area contributed by atoms with Gasteiger partial charge in [-0.15, -0.1) is 0 Å². The van der Waals surface area contributed by atoms with Crippen LogP contribution >= 0.6 is 0 Å². The Labute approximate surface area is 182 Å². The number of carboxylic acids is 1. The Bertz CT molecular complexity index is 792. The normalized spacial score (nSPS) is 24.1. The molecule has 0 spiro atoms. The van der Waals surface area contributed by atoms with Crippen LogP contribution in [0, 0.1) is 0 Å². The van der Waals surface area contributed by atoms with Crippen LogP contribution < -0.4 is 21.7 Å². The standard InChI is InChI=1S/C22H32N4O5/c1-13(27)24-18-9-5-16(6-10-18)12-20(22(30)31)26-21(29)19(25-14(2)28)11-15-3-7-17(23)8-4-15/h3,7,11-12,17-20H,4-6,8-10,23H2,1-2H3,(H,24,27)(H,25,28)(H,26,29)(H,30,31). The van der Waals surface area contributed by atoms with Gasteiger partial charge in [0, 0.05) is 25.9 Å². The summed E-state index contributed by atoms with van der Waals surface area (Å²) in [6.07, 6.45) is 11.0. The van der Waals surface area contributed by atoms with Gasteiger partial charge in [0.05, 0.1) is 0 Å². The number of allylic oxidation sites excluding steroid dienone is 3. The van der Waals surface area contributed by atoms with E-state index >= 15 is 0 Å². The van der Waals surface area contributed by atoms with Crippen LogP contribution in [-0.4, -0.2) is 53.0 Å². The van der Waals surface area contributed by atoms with Crippen molar-refractivity contribution >= 4 is 23.7 Å². The Hall–Kier alpha value is -2.94. The summed E-state index contributed by atoms with van der Waals surface area (Å²) in [5, 5.41) is 17.5. The van der Waals surface area contributed by atoms with Gasteiger partial charge in [0.15, 0.2) is 0 Å². The van der Waals surface area contributed by atoms with E-state index in [0.29, 0.717) is 19.3 Å². The second-order valence-corrected chi connectivity index (χ2v) is 8.11. The molecule has 0 aromatic carbocycles. The molecule has 2 aliphatic carbocycles. The molecule has 9 heteroatoms. The molecule has 3 unspecified atom stereocenters. The van der Waals surface area contributed by atoms with Gasteiger partial charge in [0.1, 0.15) is 12.1 Å². The van der Waals surface area contributed by atoms with E-state index in [9.17, 15) is 24.3 Å². The number of carbonyl (C=O) groups is 4. The minimum Gasteiger partial charge on any atom is -0.479 e. The van der Waals surface area contributed by atoms with Gasteiger partial charge < -0.3 is 26.8 Å². The highest BCUT2D eigenvalue weighted by molar-refractivity contribution is 5.92. The zero-order valence-corrected chi connectivity index (χ0v) is 18.0. The maximum Gasteiger partial charge on any atom is 0.330 e. The summed E-state index contributed by atoms with van der Waals surface area (Å²) in [5.41, 5.74) is 7.62. The highest BCUT2D eigenvalue weighted by Gasteiger charge is 2.26. The second-order valence-electron chi connectivity index (χ2n) is 8.11. The molecule has 3 amide bonds. The molecule has 1 saturated carbocycles. The molecule has 0 aliphatic heterocycles. The number of amides is 3. The van der Waals surface area contributed by atoms with Gasteiger partial charge in [-0.25, -0.2) is 4.79 Å². The molecule has 31 heavy (non-hydrogen) atoms. The first-order chi connectivity index (χ1) is 14.6. The number of carbonyl (C=O) groups excluding carboxylic acids is 3. The van der Waals surface area contributed by atoms with Crippen molar-refractivity contribution in [2.75, 3.05) is 0 Å². The predicted octanol–water partition coefficient (Wildman–Crippen LogP) is 0.669. The van der Waals surface area contributed by atoms with Crippen molar-refractivity contribution in [3.63, 3.8) is 0 Å². The topological polar surface area (TPSA) is 151 Å². The molecule has 2 rings (SSSR count). The number of nitrogens with two attached hydrogens (primary N) is 1. The molecule has 3 atom stereocenters. The van der Waals surface area contributed by atoms with Crippen LogP contribution in [-0.2, 0) is 19.2 Å². The van der Waals surface area contributed by atoms with E-state index in [4.69, 9.17) is 5.73 Å². The highest BCUT2D eigenvalue weighted by Crippen LogP contribution is 2.24. The van der Waals surface area contributed by atoms with Crippen LogP contribution in [0.3, 0.4) is 0 Å². The minimum atomic E-state index is -1.20. The quantitative estimate of drug-likeness (QED) is 0.373. The number of carboxylic acid groups (broad SMARTS) is 1. The molecule has 0 saturated heterocycles. The maximum atomic E-state index is 12.8. The molecule has 1 fully saturated rings. The molecule has 0 bridgehead atoms. The summed E-state index contributed by atoms with van der Waals surface area (Å²) in [4.78, 5) is 47.3. The van der Waals surface area contributed by atoms with E-state index < -0.39 is 29.9 Å². The van der Waals surface area contributed by atoms with Crippen molar-refractivity contribution in [2.45, 2.75) is 76.5 Å². The Morgan fingerprint density at radius 1 is 1.00 bits per heavy atom. The zero-order valence-electron chi connectivity index (χ0n) is 18.0. The third-order valence-electron chi connectivity index (χ3n) is 5.35. The maximum absolute atomic E-state index is 12.8. The molecular formula is C22H32N4O5. The summed E-state index contributed by atoms with van der Waals surface area (Å²) >= 11 is 0. The molecule has 2 aliphatic rings. The monoisotopic (exact) mass is 432 g/mol. The highest BCUT2D eigenvalue weighted by atomic mass is 16.4. The minimum absolute atomic E-state index is 0.0334. The number of rotatable bonds is 7. The summed E-state index contributed by atoms with van der Waals surface area (Å²) in [6, 6.07) is -2.14. The third-order valence-corrected chi connectivity index (χ3v) is 5.35. The van der Waals surface area contributed by atoms with Crippen LogP contribution in [0.5, 0.6) is 0 Å². The second kappa shape index (κ2) is 11.5. The van der Waals surface area contributed by atoms with E-state index in [1.807, 2.05) is 12.2 Å². The molecule has 170 valence electrons. The fraction of sp³-hybridized carbons (Fsp3) is 0.545. The average Bonchev–Trinajstić information content (AvgIpc) is 2.69. The lowest BCUT2D eigenvalue weighted by Crippen LogP contribution is -2.50. The molecule has 6 N–H and O–H groups in total. The van der Waals surface area contributed by atoms with Crippen LogP contribution in [0.15, 0.2) is 35.5 Å². The smallest absolute Gasteiger partial charge is 0.330 e. The van der Waals surface area contributed by atoms with Gasteiger partial charge in [-0.05, 0) is 50.2 Å². The number of hydrogen-bond donors (Lipinski definition) is 5. The van der Waals surface area contributed by atoms with Crippen molar-refractivity contribution < 1.29 is 24.3 Å². The summed E-state index contributed by atoms with van der Waals surface area (Å²) < 4.78 is 0. The third kappa shape index (κ3) is 8.37. The summed E-state index contributed by atoms with van der Waals surface area (Å²) in [7, 11) is 0. The number of nitrogens with one attached hydrogen (secondary N) is 3. The SMILES string of the molecule is CC(=O)NC1CCC(=CC(NC(=O)C(C=C2C=CC(N)CC2)NC(C)=O)C(=O)O)CC1. The molecule has 0 aromatic rings. The zero-order chi connectivity index (χ0) is 23.0. The number of aliphatic carboxylic acids is 1. The fourth-order valence-corrected chi connectivity index (χ4v) is 3.76. The van der Waals surface area contributed by atoms with Crippen LogP contribution in [0.1, 0.15) is 52.4 Å². The van der Waals surface area contributed by atoms with Gasteiger partial charge in [-0.3, -0.25) is 14.4 Å². The van der Waals surface area contributed by atoms with E-state index in [2.05, 4.69) is 16.0 Å². The molecule has 0 radical (unpaired) electrons. The molecule has 9 nitrogen and oxygen atoms in total. The molecule has 0 heterocycles. The Kier molecular flexibility index (Phi) is 8.99. The Balaban J connectivity index is 2.07. The van der Waals surface area contributed by atoms with Gasteiger partial charge in [-0.2, -0.15) is 0 Å². The van der Waals surface area contributed by atoms with Crippen molar-refractivity contribution in [1.82, 2.24) is 16.0 Å². The van der Waals surface area contributed by atoms with Crippen molar-refractivity contribution in [1.29, 1.82) is 0 Å². The first-order valence-electron chi connectivity index (χ1n) is 10.6. The van der Waals surface area contributed by atoms with Crippen molar-refractivity contribution in [3.05, 3.63) is 35.5 Å². The van der Waals surface area contributed by atoms with E-state index in [-0.39, 0.29) is 18.0 Å². The van der Waals surface area contributed by atoms with Gasteiger partial charge in [0.2, 0.25) is 17.7 Å². The summed E-state index contributed by atoms with van der Waals surface area (Å²) in [6.45, 7) is 2.77. The van der Waals surface area contributed by atoms with E-state index in [1.165, 1.54) is 13.8 Å². The summed E-state index contributed by atoms with van der Waals surface area (Å²) in [5.74, 6) is -2.25. The molecular weight excluding hydrogens is 400 g/mol. The lowest BCUT2D eigenvalue weighted by atomic mass is 9.89. The van der Waals surface area contributed by atoms with Crippen molar-refractivity contribution in [3.8, 4) is 0 Å². The lowest BCUT2D eigenvalue weighted by Gasteiger charge is -2.25. The first kappa shape index (κ1) is 24.3. The van der Waals surface area contributed by atoms with Crippen LogP contribution in [0.2, 0.25) is 0 Å². The fourth-order valence-electron chi connectivity index (χ4n) is 3.76. The number of hydrogen-bond acceptors (Lipinski definition) is 5. The Morgan fingerprint density at radius 2 is 1.68 bits per heavy atom. The van der Waals surface area contributed by atoms with Crippen LogP contribution in [0.4, 0.5) is 0 Å².